The third kappa shape index (κ3) is 11.3. The van der Waals surface area contributed by atoms with Crippen molar-refractivity contribution in [1.82, 2.24) is 19.9 Å². The topological polar surface area (TPSA) is 127 Å². The minimum atomic E-state index is -0.355. The minimum absolute atomic E-state index is 0.353. The van der Waals surface area contributed by atoms with Crippen molar-refractivity contribution >= 4 is 62.9 Å². The molecule has 0 aliphatic carbocycles. The van der Waals surface area contributed by atoms with Gasteiger partial charge in [-0.2, -0.15) is 9.97 Å². The minimum Gasteiger partial charge on any atom is -0.463 e. The molecule has 12 nitrogen and oxygen atoms in total. The molecule has 0 spiro atoms. The summed E-state index contributed by atoms with van der Waals surface area (Å²) in [7, 11) is 0. The number of rotatable bonds is 10. The third-order valence-corrected chi connectivity index (χ3v) is 9.53. The number of nitrogens with zero attached hydrogens (tertiary/aromatic N) is 6. The highest BCUT2D eigenvalue weighted by Gasteiger charge is 2.20. The predicted molar refractivity (Wildman–Crippen MR) is 227 cm³/mol. The molecule has 0 radical (unpaired) electrons. The van der Waals surface area contributed by atoms with Crippen molar-refractivity contribution in [3.8, 4) is 11.1 Å². The fourth-order valence-electron chi connectivity index (χ4n) is 6.58. The van der Waals surface area contributed by atoms with Crippen molar-refractivity contribution in [2.24, 2.45) is 0 Å². The molecule has 0 saturated carbocycles. The van der Waals surface area contributed by atoms with Gasteiger partial charge in [-0.3, -0.25) is 0 Å². The number of morpholine rings is 2. The highest BCUT2D eigenvalue weighted by atomic mass is 79.9. The number of esters is 1. The Bertz CT molecular complexity index is 2110. The molecule has 4 heterocycles. The van der Waals surface area contributed by atoms with Crippen LogP contribution in [0.2, 0.25) is 0 Å². The Balaban J connectivity index is 0.000000208. The van der Waals surface area contributed by atoms with Gasteiger partial charge in [0.1, 0.15) is 11.6 Å². The van der Waals surface area contributed by atoms with E-state index in [1.165, 1.54) is 28.3 Å². The molecule has 2 saturated heterocycles. The van der Waals surface area contributed by atoms with Gasteiger partial charge in [-0.25, -0.2) is 14.8 Å². The number of halogens is 1. The van der Waals surface area contributed by atoms with E-state index in [1.54, 1.807) is 19.2 Å². The summed E-state index contributed by atoms with van der Waals surface area (Å²) in [5.41, 5.74) is 9.57. The lowest BCUT2D eigenvalue weighted by molar-refractivity contribution is -0.137. The van der Waals surface area contributed by atoms with Crippen LogP contribution in [0, 0.1) is 27.7 Å². The molecule has 2 aliphatic heterocycles. The van der Waals surface area contributed by atoms with E-state index in [2.05, 4.69) is 115 Å². The average molecular weight is 822 g/mol. The molecular weight excluding hydrogens is 772 g/mol. The van der Waals surface area contributed by atoms with Gasteiger partial charge < -0.3 is 34.6 Å². The van der Waals surface area contributed by atoms with Crippen molar-refractivity contribution in [2.45, 2.75) is 34.6 Å². The Morgan fingerprint density at radius 1 is 0.750 bits per heavy atom. The van der Waals surface area contributed by atoms with E-state index in [1.807, 2.05) is 30.5 Å². The molecule has 13 heteroatoms. The molecule has 0 atom stereocenters. The maximum atomic E-state index is 11.7. The molecule has 2 fully saturated rings. The summed E-state index contributed by atoms with van der Waals surface area (Å²) in [5.74, 6) is 2.57. The van der Waals surface area contributed by atoms with Crippen molar-refractivity contribution < 1.29 is 19.0 Å². The van der Waals surface area contributed by atoms with Gasteiger partial charge in [0.15, 0.2) is 0 Å². The van der Waals surface area contributed by atoms with Gasteiger partial charge in [-0.05, 0) is 120 Å². The fraction of sp³-hybridized carbons (Fsp3) is 0.326. The second-order valence-electron chi connectivity index (χ2n) is 13.7. The largest absolute Gasteiger partial charge is 0.463 e. The highest BCUT2D eigenvalue weighted by Crippen LogP contribution is 2.32. The molecule has 0 bridgehead atoms. The molecule has 2 aromatic heterocycles. The molecular formula is C43H49BrN8O4. The van der Waals surface area contributed by atoms with E-state index >= 15 is 0 Å². The van der Waals surface area contributed by atoms with E-state index < -0.39 is 0 Å². The van der Waals surface area contributed by atoms with E-state index in [4.69, 9.17) is 19.2 Å². The van der Waals surface area contributed by atoms with E-state index in [-0.39, 0.29) is 5.97 Å². The molecule has 2 aliphatic rings. The molecule has 56 heavy (non-hydrogen) atoms. The Kier molecular flexibility index (Phi) is 14.0. The summed E-state index contributed by atoms with van der Waals surface area (Å²) < 4.78 is 16.8. The highest BCUT2D eigenvalue weighted by molar-refractivity contribution is 9.10. The zero-order valence-corrected chi connectivity index (χ0v) is 34.2. The number of carbonyl (C=O) groups excluding carboxylic acids is 1. The number of aryl methyl sites for hydroxylation is 4. The summed E-state index contributed by atoms with van der Waals surface area (Å²) in [6, 6.07) is 20.6. The van der Waals surface area contributed by atoms with Gasteiger partial charge in [0.25, 0.3) is 0 Å². The Labute approximate surface area is 337 Å². The second-order valence-corrected chi connectivity index (χ2v) is 14.6. The van der Waals surface area contributed by atoms with Crippen LogP contribution in [0.3, 0.4) is 0 Å². The van der Waals surface area contributed by atoms with Gasteiger partial charge in [0.05, 0.1) is 37.5 Å². The van der Waals surface area contributed by atoms with Crippen molar-refractivity contribution in [3.05, 3.63) is 111 Å². The van der Waals surface area contributed by atoms with Crippen molar-refractivity contribution in [3.63, 3.8) is 0 Å². The van der Waals surface area contributed by atoms with Crippen molar-refractivity contribution in [1.29, 1.82) is 0 Å². The van der Waals surface area contributed by atoms with E-state index in [0.29, 0.717) is 31.7 Å². The monoisotopic (exact) mass is 820 g/mol. The summed E-state index contributed by atoms with van der Waals surface area (Å²) in [6.07, 6.45) is 6.85. The van der Waals surface area contributed by atoms with Crippen LogP contribution in [0.1, 0.15) is 34.7 Å². The van der Waals surface area contributed by atoms with Crippen LogP contribution in [0.25, 0.3) is 17.2 Å². The average Bonchev–Trinajstić information content (AvgIpc) is 3.18. The first-order valence-corrected chi connectivity index (χ1v) is 19.6. The van der Waals surface area contributed by atoms with Gasteiger partial charge in [-0.1, -0.05) is 30.3 Å². The quantitative estimate of drug-likeness (QED) is 0.104. The van der Waals surface area contributed by atoms with Crippen LogP contribution < -0.4 is 20.4 Å². The van der Waals surface area contributed by atoms with Crippen LogP contribution in [0.5, 0.6) is 0 Å². The molecule has 292 valence electrons. The number of benzene rings is 3. The first kappa shape index (κ1) is 40.3. The summed E-state index contributed by atoms with van der Waals surface area (Å²) >= 11 is 3.54. The Morgan fingerprint density at radius 2 is 1.27 bits per heavy atom. The zero-order valence-electron chi connectivity index (χ0n) is 32.6. The standard InChI is InChI=1S/C27H30N4O3.C16H19BrN4O/c1-4-34-25(32)9-8-21-6-5-7-22(17-21)24-18-28-27(29-23-15-19(2)14-20(3)16-23)30-26(24)31-10-12-33-13-11-31;1-11-7-12(2)9-13(8-11)19-16-18-10-14(17)15(20-16)21-3-5-22-6-4-21/h5-9,14-18H,4,10-13H2,1-3H3,(H,28,29,30);7-10H,3-6H2,1-2H3,(H,18,19,20)/b9-8+;. The summed E-state index contributed by atoms with van der Waals surface area (Å²) in [6.45, 7) is 16.4. The first-order valence-electron chi connectivity index (χ1n) is 18.8. The Morgan fingerprint density at radius 3 is 1.82 bits per heavy atom. The van der Waals surface area contributed by atoms with Gasteiger partial charge in [0, 0.05) is 61.6 Å². The predicted octanol–water partition coefficient (Wildman–Crippen LogP) is 8.35. The van der Waals surface area contributed by atoms with Crippen LogP contribution >= 0.6 is 15.9 Å². The Hall–Kier alpha value is -5.37. The maximum absolute atomic E-state index is 11.7. The number of anilines is 6. The van der Waals surface area contributed by atoms with E-state index in [0.717, 1.165) is 83.6 Å². The SMILES string of the molecule is CCOC(=O)/C=C/c1cccc(-c2cnc(Nc3cc(C)cc(C)c3)nc2N2CCOCC2)c1.Cc1cc(C)cc(Nc2ncc(Br)c(N3CCOCC3)n2)c1. The summed E-state index contributed by atoms with van der Waals surface area (Å²) in [5, 5.41) is 6.65. The lowest BCUT2D eigenvalue weighted by Gasteiger charge is -2.29. The third-order valence-electron chi connectivity index (χ3n) is 8.97. The molecule has 5 aromatic rings. The van der Waals surface area contributed by atoms with Gasteiger partial charge in [-0.15, -0.1) is 0 Å². The van der Waals surface area contributed by atoms with E-state index in [9.17, 15) is 4.79 Å². The lowest BCUT2D eigenvalue weighted by Crippen LogP contribution is -2.37. The molecule has 0 unspecified atom stereocenters. The smallest absolute Gasteiger partial charge is 0.330 e. The normalized spacial score (nSPS) is 14.2. The number of carbonyl (C=O) groups is 1. The van der Waals surface area contributed by atoms with Crippen LogP contribution in [-0.4, -0.2) is 85.1 Å². The number of hydrogen-bond donors (Lipinski definition) is 2. The van der Waals surface area contributed by atoms with Gasteiger partial charge >= 0.3 is 5.97 Å². The summed E-state index contributed by atoms with van der Waals surface area (Å²) in [4.78, 5) is 34.7. The van der Waals surface area contributed by atoms with Crippen LogP contribution in [0.4, 0.5) is 34.9 Å². The first-order chi connectivity index (χ1) is 27.1. The number of nitrogens with one attached hydrogen (secondary N) is 2. The molecule has 0 amide bonds. The number of hydrogen-bond acceptors (Lipinski definition) is 12. The lowest BCUT2D eigenvalue weighted by atomic mass is 10.0. The maximum Gasteiger partial charge on any atom is 0.330 e. The fourth-order valence-corrected chi connectivity index (χ4v) is 7.03. The van der Waals surface area contributed by atoms with Gasteiger partial charge in [0.2, 0.25) is 11.9 Å². The second kappa shape index (κ2) is 19.5. The number of ether oxygens (including phenoxy) is 3. The number of aromatic nitrogens is 4. The van der Waals surface area contributed by atoms with Crippen LogP contribution in [-0.2, 0) is 19.0 Å². The zero-order chi connectivity index (χ0) is 39.4. The molecule has 2 N–H and O–H groups in total. The van der Waals surface area contributed by atoms with Crippen LogP contribution in [0.15, 0.2) is 83.6 Å². The molecule has 7 rings (SSSR count). The van der Waals surface area contributed by atoms with Crippen molar-refractivity contribution in [2.75, 3.05) is 79.6 Å². The molecule has 3 aromatic carbocycles.